The van der Waals surface area contributed by atoms with E-state index in [2.05, 4.69) is 0 Å². The number of aliphatic hydroxyl groups excluding tert-OH is 1. The number of ether oxygens (including phenoxy) is 2. The first-order valence-electron chi connectivity index (χ1n) is 6.33. The van der Waals surface area contributed by atoms with Crippen LogP contribution in [0, 0.1) is 6.92 Å². The van der Waals surface area contributed by atoms with Crippen molar-refractivity contribution in [2.75, 3.05) is 14.2 Å². The maximum atomic E-state index is 10.4. The van der Waals surface area contributed by atoms with Crippen molar-refractivity contribution < 1.29 is 14.6 Å². The lowest BCUT2D eigenvalue weighted by atomic mass is 9.90. The Kier molecular flexibility index (Phi) is 5.17. The molecule has 0 amide bonds. The molecule has 0 aliphatic carbocycles. The average Bonchev–Trinajstić information content (AvgIpc) is 2.38. The van der Waals surface area contributed by atoms with Crippen LogP contribution >= 0.6 is 0 Å². The molecular formula is C15H24O3. The van der Waals surface area contributed by atoms with Crippen molar-refractivity contribution in [3.63, 3.8) is 0 Å². The maximum absolute atomic E-state index is 10.4. The molecule has 0 saturated carbocycles. The first kappa shape index (κ1) is 15.0. The standard InChI is InChI=1S/C15H24O3/c1-6-15(3,18-5)14(16)10-12-9-11(2)7-8-13(12)17-4/h7-9,14,16H,6,10H2,1-5H3. The second-order valence-corrected chi connectivity index (χ2v) is 4.91. The molecule has 0 heterocycles. The van der Waals surface area contributed by atoms with Crippen LogP contribution in [0.15, 0.2) is 18.2 Å². The van der Waals surface area contributed by atoms with E-state index in [-0.39, 0.29) is 0 Å². The van der Waals surface area contributed by atoms with E-state index in [1.807, 2.05) is 39.0 Å². The van der Waals surface area contributed by atoms with Gasteiger partial charge in [-0.15, -0.1) is 0 Å². The number of aryl methyl sites for hydroxylation is 1. The highest BCUT2D eigenvalue weighted by molar-refractivity contribution is 5.37. The second-order valence-electron chi connectivity index (χ2n) is 4.91. The Balaban J connectivity index is 2.93. The van der Waals surface area contributed by atoms with Gasteiger partial charge in [0.25, 0.3) is 0 Å². The number of hydrogen-bond donors (Lipinski definition) is 1. The van der Waals surface area contributed by atoms with Gasteiger partial charge in [0.05, 0.1) is 18.8 Å². The number of aliphatic hydroxyl groups is 1. The summed E-state index contributed by atoms with van der Waals surface area (Å²) in [6.45, 7) is 5.98. The fraction of sp³-hybridized carbons (Fsp3) is 0.600. The third kappa shape index (κ3) is 3.24. The summed E-state index contributed by atoms with van der Waals surface area (Å²) in [4.78, 5) is 0. The van der Waals surface area contributed by atoms with E-state index < -0.39 is 11.7 Å². The zero-order chi connectivity index (χ0) is 13.8. The zero-order valence-corrected chi connectivity index (χ0v) is 12.0. The topological polar surface area (TPSA) is 38.7 Å². The average molecular weight is 252 g/mol. The van der Waals surface area contributed by atoms with Crippen LogP contribution in [-0.2, 0) is 11.2 Å². The number of hydrogen-bond acceptors (Lipinski definition) is 3. The minimum Gasteiger partial charge on any atom is -0.496 e. The minimum absolute atomic E-state index is 0.519. The summed E-state index contributed by atoms with van der Waals surface area (Å²) in [5.74, 6) is 0.814. The van der Waals surface area contributed by atoms with E-state index in [1.54, 1.807) is 14.2 Å². The molecule has 1 rings (SSSR count). The molecule has 1 N–H and O–H groups in total. The molecule has 3 heteroatoms. The van der Waals surface area contributed by atoms with Gasteiger partial charge in [0.2, 0.25) is 0 Å². The Morgan fingerprint density at radius 3 is 2.50 bits per heavy atom. The molecule has 0 saturated heterocycles. The third-order valence-corrected chi connectivity index (χ3v) is 3.72. The molecule has 2 atom stereocenters. The number of benzene rings is 1. The summed E-state index contributed by atoms with van der Waals surface area (Å²) in [5, 5.41) is 10.4. The largest absolute Gasteiger partial charge is 0.496 e. The van der Waals surface area contributed by atoms with E-state index in [9.17, 15) is 5.11 Å². The predicted molar refractivity (Wildman–Crippen MR) is 73.1 cm³/mol. The first-order chi connectivity index (χ1) is 8.46. The van der Waals surface area contributed by atoms with Gasteiger partial charge < -0.3 is 14.6 Å². The van der Waals surface area contributed by atoms with E-state index in [4.69, 9.17) is 9.47 Å². The molecule has 18 heavy (non-hydrogen) atoms. The molecule has 102 valence electrons. The van der Waals surface area contributed by atoms with Crippen molar-refractivity contribution in [1.29, 1.82) is 0 Å². The lowest BCUT2D eigenvalue weighted by molar-refractivity contribution is -0.0915. The highest BCUT2D eigenvalue weighted by atomic mass is 16.5. The van der Waals surface area contributed by atoms with Gasteiger partial charge in [-0.3, -0.25) is 0 Å². The van der Waals surface area contributed by atoms with Crippen LogP contribution in [-0.4, -0.2) is 31.0 Å². The fourth-order valence-corrected chi connectivity index (χ4v) is 2.01. The predicted octanol–water partition coefficient (Wildman–Crippen LogP) is 2.72. The molecule has 1 aromatic carbocycles. The summed E-state index contributed by atoms with van der Waals surface area (Å²) in [6, 6.07) is 5.99. The van der Waals surface area contributed by atoms with Gasteiger partial charge in [0, 0.05) is 13.5 Å². The lowest BCUT2D eigenvalue weighted by Crippen LogP contribution is -2.42. The Hall–Kier alpha value is -1.06. The van der Waals surface area contributed by atoms with Crippen LogP contribution in [0.25, 0.3) is 0 Å². The molecule has 0 aliphatic heterocycles. The smallest absolute Gasteiger partial charge is 0.122 e. The molecule has 0 aliphatic rings. The van der Waals surface area contributed by atoms with Crippen molar-refractivity contribution in [2.24, 2.45) is 0 Å². The molecular weight excluding hydrogens is 228 g/mol. The number of rotatable bonds is 6. The highest BCUT2D eigenvalue weighted by Gasteiger charge is 2.31. The molecule has 0 aromatic heterocycles. The first-order valence-corrected chi connectivity index (χ1v) is 6.33. The highest BCUT2D eigenvalue weighted by Crippen LogP contribution is 2.27. The van der Waals surface area contributed by atoms with Crippen molar-refractivity contribution in [1.82, 2.24) is 0 Å². The molecule has 3 nitrogen and oxygen atoms in total. The normalized spacial score (nSPS) is 16.1. The molecule has 2 unspecified atom stereocenters. The fourth-order valence-electron chi connectivity index (χ4n) is 2.01. The van der Waals surface area contributed by atoms with Crippen molar-refractivity contribution in [2.45, 2.75) is 45.3 Å². The Labute approximate surface area is 110 Å². The third-order valence-electron chi connectivity index (χ3n) is 3.72. The van der Waals surface area contributed by atoms with Crippen LogP contribution in [0.3, 0.4) is 0 Å². The van der Waals surface area contributed by atoms with Crippen molar-refractivity contribution >= 4 is 0 Å². The molecule has 0 radical (unpaired) electrons. The van der Waals surface area contributed by atoms with Gasteiger partial charge in [-0.1, -0.05) is 24.6 Å². The lowest BCUT2D eigenvalue weighted by Gasteiger charge is -2.32. The minimum atomic E-state index is -0.553. The summed E-state index contributed by atoms with van der Waals surface area (Å²) in [7, 11) is 3.29. The van der Waals surface area contributed by atoms with E-state index >= 15 is 0 Å². The Bertz CT molecular complexity index is 383. The van der Waals surface area contributed by atoms with Crippen LogP contribution < -0.4 is 4.74 Å². The molecule has 0 bridgehead atoms. The van der Waals surface area contributed by atoms with Gasteiger partial charge >= 0.3 is 0 Å². The quantitative estimate of drug-likeness (QED) is 0.846. The second kappa shape index (κ2) is 6.21. The summed E-state index contributed by atoms with van der Waals surface area (Å²) < 4.78 is 10.8. The molecule has 0 spiro atoms. The van der Waals surface area contributed by atoms with Gasteiger partial charge in [-0.05, 0) is 31.9 Å². The van der Waals surface area contributed by atoms with Gasteiger partial charge in [-0.25, -0.2) is 0 Å². The monoisotopic (exact) mass is 252 g/mol. The van der Waals surface area contributed by atoms with Gasteiger partial charge in [0.15, 0.2) is 0 Å². The zero-order valence-electron chi connectivity index (χ0n) is 12.0. The van der Waals surface area contributed by atoms with E-state index in [0.29, 0.717) is 6.42 Å². The maximum Gasteiger partial charge on any atom is 0.122 e. The summed E-state index contributed by atoms with van der Waals surface area (Å²) >= 11 is 0. The van der Waals surface area contributed by atoms with Crippen molar-refractivity contribution in [3.8, 4) is 5.75 Å². The molecule has 1 aromatic rings. The Morgan fingerprint density at radius 1 is 1.33 bits per heavy atom. The molecule has 0 fully saturated rings. The van der Waals surface area contributed by atoms with Crippen LogP contribution in [0.1, 0.15) is 31.4 Å². The van der Waals surface area contributed by atoms with Crippen LogP contribution in [0.5, 0.6) is 5.75 Å². The van der Waals surface area contributed by atoms with E-state index in [1.165, 1.54) is 0 Å². The van der Waals surface area contributed by atoms with Crippen LogP contribution in [0.2, 0.25) is 0 Å². The van der Waals surface area contributed by atoms with E-state index in [0.717, 1.165) is 23.3 Å². The Morgan fingerprint density at radius 2 is 2.00 bits per heavy atom. The summed E-state index contributed by atoms with van der Waals surface area (Å²) in [5.41, 5.74) is 1.66. The number of methoxy groups -OCH3 is 2. The SMILES string of the molecule is CCC(C)(OC)C(O)Cc1cc(C)ccc1OC. The van der Waals surface area contributed by atoms with Crippen molar-refractivity contribution in [3.05, 3.63) is 29.3 Å². The van der Waals surface area contributed by atoms with Gasteiger partial charge in [0.1, 0.15) is 5.75 Å². The summed E-state index contributed by atoms with van der Waals surface area (Å²) in [6.07, 6.45) is 0.741. The van der Waals surface area contributed by atoms with Gasteiger partial charge in [-0.2, -0.15) is 0 Å². The van der Waals surface area contributed by atoms with Crippen LogP contribution in [0.4, 0.5) is 0 Å².